The number of hydrogen-bond acceptors (Lipinski definition) is 4. The standard InChI is InChI=1S/C18H25N3O3.HI/c1-19-17(20-10-14-3-2-8-22-14)21-11-18(6-7-18)13-4-5-15-16(9-13)24-12-23-15;/h4-5,9,14H,2-3,6-8,10-12H2,1H3,(H2,19,20,21);1H. The molecule has 1 saturated carbocycles. The fourth-order valence-electron chi connectivity index (χ4n) is 3.43. The zero-order valence-corrected chi connectivity index (χ0v) is 16.9. The number of ether oxygens (including phenoxy) is 3. The van der Waals surface area contributed by atoms with Crippen LogP contribution in [0, 0.1) is 0 Å². The van der Waals surface area contributed by atoms with Gasteiger partial charge in [-0.25, -0.2) is 0 Å². The highest BCUT2D eigenvalue weighted by atomic mass is 127. The van der Waals surface area contributed by atoms with Crippen LogP contribution in [0.15, 0.2) is 23.2 Å². The third kappa shape index (κ3) is 4.13. The predicted molar refractivity (Wildman–Crippen MR) is 107 cm³/mol. The topological polar surface area (TPSA) is 64.1 Å². The Labute approximate surface area is 165 Å². The molecule has 2 N–H and O–H groups in total. The Balaban J connectivity index is 0.00000182. The van der Waals surface area contributed by atoms with Crippen LogP contribution < -0.4 is 20.1 Å². The van der Waals surface area contributed by atoms with Crippen molar-refractivity contribution in [2.24, 2.45) is 4.99 Å². The van der Waals surface area contributed by atoms with E-state index in [1.807, 2.05) is 13.1 Å². The number of fused-ring (bicyclic) bond motifs is 1. The zero-order chi connectivity index (χ0) is 16.4. The Bertz CT molecular complexity index is 628. The maximum absolute atomic E-state index is 5.65. The lowest BCUT2D eigenvalue weighted by atomic mass is 9.95. The highest BCUT2D eigenvalue weighted by Crippen LogP contribution is 2.49. The van der Waals surface area contributed by atoms with Gasteiger partial charge in [0.15, 0.2) is 17.5 Å². The van der Waals surface area contributed by atoms with E-state index in [2.05, 4.69) is 27.8 Å². The molecular formula is C18H26IN3O3. The van der Waals surface area contributed by atoms with Gasteiger partial charge in [0.1, 0.15) is 0 Å². The number of rotatable bonds is 5. The van der Waals surface area contributed by atoms with Gasteiger partial charge in [-0.2, -0.15) is 0 Å². The highest BCUT2D eigenvalue weighted by molar-refractivity contribution is 14.0. The molecule has 1 unspecified atom stereocenters. The lowest BCUT2D eigenvalue weighted by Crippen LogP contribution is -2.43. The van der Waals surface area contributed by atoms with E-state index in [1.54, 1.807) is 0 Å². The van der Waals surface area contributed by atoms with Crippen molar-refractivity contribution in [1.82, 2.24) is 10.6 Å². The smallest absolute Gasteiger partial charge is 0.231 e. The molecule has 2 heterocycles. The van der Waals surface area contributed by atoms with Crippen molar-refractivity contribution in [1.29, 1.82) is 0 Å². The molecule has 1 atom stereocenters. The summed E-state index contributed by atoms with van der Waals surface area (Å²) in [5.41, 5.74) is 1.50. The second-order valence-corrected chi connectivity index (χ2v) is 6.79. The van der Waals surface area contributed by atoms with E-state index in [4.69, 9.17) is 14.2 Å². The summed E-state index contributed by atoms with van der Waals surface area (Å²) in [6.07, 6.45) is 4.97. The zero-order valence-electron chi connectivity index (χ0n) is 14.5. The Morgan fingerprint density at radius 1 is 1.24 bits per heavy atom. The van der Waals surface area contributed by atoms with Gasteiger partial charge in [-0.15, -0.1) is 24.0 Å². The van der Waals surface area contributed by atoms with E-state index >= 15 is 0 Å². The first kappa shape index (κ1) is 18.6. The molecule has 138 valence electrons. The van der Waals surface area contributed by atoms with Crippen LogP contribution in [-0.2, 0) is 10.2 Å². The summed E-state index contributed by atoms with van der Waals surface area (Å²) in [6, 6.07) is 6.30. The molecule has 1 aromatic carbocycles. The molecule has 7 heteroatoms. The van der Waals surface area contributed by atoms with Crippen molar-refractivity contribution in [3.8, 4) is 11.5 Å². The van der Waals surface area contributed by atoms with E-state index in [1.165, 1.54) is 18.4 Å². The minimum absolute atomic E-state index is 0. The Morgan fingerprint density at radius 3 is 2.80 bits per heavy atom. The molecule has 1 aliphatic carbocycles. The van der Waals surface area contributed by atoms with Gasteiger partial charge in [0.05, 0.1) is 6.10 Å². The molecular weight excluding hydrogens is 433 g/mol. The van der Waals surface area contributed by atoms with Crippen LogP contribution in [0.1, 0.15) is 31.2 Å². The normalized spacial score (nSPS) is 23.1. The van der Waals surface area contributed by atoms with Crippen molar-refractivity contribution in [2.45, 2.75) is 37.2 Å². The van der Waals surface area contributed by atoms with Crippen LogP contribution in [0.3, 0.4) is 0 Å². The second kappa shape index (κ2) is 7.99. The summed E-state index contributed by atoms with van der Waals surface area (Å²) >= 11 is 0. The van der Waals surface area contributed by atoms with E-state index in [-0.39, 0.29) is 29.4 Å². The number of halogens is 1. The average molecular weight is 459 g/mol. The molecule has 0 spiro atoms. The molecule has 1 saturated heterocycles. The van der Waals surface area contributed by atoms with E-state index in [0.29, 0.717) is 12.9 Å². The van der Waals surface area contributed by atoms with Gasteiger partial charge in [-0.3, -0.25) is 4.99 Å². The van der Waals surface area contributed by atoms with Crippen molar-refractivity contribution in [3.05, 3.63) is 23.8 Å². The van der Waals surface area contributed by atoms with Gasteiger partial charge in [-0.1, -0.05) is 6.07 Å². The van der Waals surface area contributed by atoms with Crippen LogP contribution in [0.5, 0.6) is 11.5 Å². The fourth-order valence-corrected chi connectivity index (χ4v) is 3.43. The Hall–Kier alpha value is -1.22. The molecule has 3 aliphatic rings. The Morgan fingerprint density at radius 2 is 2.08 bits per heavy atom. The number of hydrogen-bond donors (Lipinski definition) is 2. The van der Waals surface area contributed by atoms with E-state index in [9.17, 15) is 0 Å². The molecule has 2 aliphatic heterocycles. The van der Waals surface area contributed by atoms with Gasteiger partial charge in [0, 0.05) is 32.2 Å². The average Bonchev–Trinajstić information content (AvgIpc) is 3.01. The summed E-state index contributed by atoms with van der Waals surface area (Å²) in [5.74, 6) is 2.55. The van der Waals surface area contributed by atoms with Crippen LogP contribution in [0.25, 0.3) is 0 Å². The van der Waals surface area contributed by atoms with Gasteiger partial charge in [0.2, 0.25) is 6.79 Å². The molecule has 0 amide bonds. The molecule has 25 heavy (non-hydrogen) atoms. The largest absolute Gasteiger partial charge is 0.454 e. The van der Waals surface area contributed by atoms with Crippen LogP contribution in [0.2, 0.25) is 0 Å². The molecule has 4 rings (SSSR count). The van der Waals surface area contributed by atoms with Crippen LogP contribution in [-0.4, -0.2) is 45.6 Å². The number of guanidine groups is 1. The first-order chi connectivity index (χ1) is 11.8. The molecule has 0 radical (unpaired) electrons. The maximum Gasteiger partial charge on any atom is 0.231 e. The summed E-state index contributed by atoms with van der Waals surface area (Å²) in [4.78, 5) is 4.33. The molecule has 0 bridgehead atoms. The first-order valence-electron chi connectivity index (χ1n) is 8.75. The first-order valence-corrected chi connectivity index (χ1v) is 8.75. The molecule has 0 aromatic heterocycles. The SMILES string of the molecule is CN=C(NCC1CCCO1)NCC1(c2ccc3c(c2)OCO3)CC1.I. The van der Waals surface area contributed by atoms with E-state index in [0.717, 1.165) is 50.0 Å². The molecule has 1 aromatic rings. The van der Waals surface area contributed by atoms with E-state index < -0.39 is 0 Å². The third-order valence-electron chi connectivity index (χ3n) is 5.18. The van der Waals surface area contributed by atoms with Crippen molar-refractivity contribution in [2.75, 3.05) is 33.5 Å². The summed E-state index contributed by atoms with van der Waals surface area (Å²) in [6.45, 7) is 2.89. The predicted octanol–water partition coefficient (Wildman–Crippen LogP) is 2.41. The molecule has 2 fully saturated rings. The van der Waals surface area contributed by atoms with Gasteiger partial charge in [-0.05, 0) is 43.4 Å². The van der Waals surface area contributed by atoms with Gasteiger partial charge in [0.25, 0.3) is 0 Å². The number of nitrogens with zero attached hydrogens (tertiary/aromatic N) is 1. The number of aliphatic imine (C=N–C) groups is 1. The quantitative estimate of drug-likeness (QED) is 0.403. The lowest BCUT2D eigenvalue weighted by molar-refractivity contribution is 0.114. The van der Waals surface area contributed by atoms with Gasteiger partial charge >= 0.3 is 0 Å². The summed E-state index contributed by atoms with van der Waals surface area (Å²) in [7, 11) is 1.81. The maximum atomic E-state index is 5.65. The van der Waals surface area contributed by atoms with Crippen LogP contribution >= 0.6 is 24.0 Å². The number of nitrogens with one attached hydrogen (secondary N) is 2. The Kier molecular flexibility index (Phi) is 5.93. The summed E-state index contributed by atoms with van der Waals surface area (Å²) in [5, 5.41) is 6.85. The lowest BCUT2D eigenvalue weighted by Gasteiger charge is -2.20. The number of benzene rings is 1. The summed E-state index contributed by atoms with van der Waals surface area (Å²) < 4.78 is 16.6. The third-order valence-corrected chi connectivity index (χ3v) is 5.18. The van der Waals surface area contributed by atoms with Crippen molar-refractivity contribution >= 4 is 29.9 Å². The monoisotopic (exact) mass is 459 g/mol. The molecule has 6 nitrogen and oxygen atoms in total. The minimum atomic E-state index is 0. The van der Waals surface area contributed by atoms with Crippen molar-refractivity contribution in [3.63, 3.8) is 0 Å². The second-order valence-electron chi connectivity index (χ2n) is 6.79. The van der Waals surface area contributed by atoms with Crippen molar-refractivity contribution < 1.29 is 14.2 Å². The highest BCUT2D eigenvalue weighted by Gasteiger charge is 2.44. The minimum Gasteiger partial charge on any atom is -0.454 e. The fraction of sp³-hybridized carbons (Fsp3) is 0.611. The van der Waals surface area contributed by atoms with Crippen LogP contribution in [0.4, 0.5) is 0 Å². The van der Waals surface area contributed by atoms with Gasteiger partial charge < -0.3 is 24.8 Å².